The Morgan fingerprint density at radius 2 is 2.36 bits per heavy atom. The fourth-order valence-corrected chi connectivity index (χ4v) is 2.83. The Morgan fingerprint density at radius 1 is 1.64 bits per heavy atom. The van der Waals surface area contributed by atoms with Crippen molar-refractivity contribution in [1.82, 2.24) is 5.48 Å². The molecule has 1 aromatic heterocycles. The lowest BCUT2D eigenvalue weighted by Gasteiger charge is -2.00. The smallest absolute Gasteiger partial charge is 0.245 e. The highest BCUT2D eigenvalue weighted by Crippen LogP contribution is 2.32. The zero-order chi connectivity index (χ0) is 10.6. The lowest BCUT2D eigenvalue weighted by Crippen LogP contribution is -2.24. The van der Waals surface area contributed by atoms with E-state index in [1.54, 1.807) is 11.3 Å². The van der Waals surface area contributed by atoms with E-state index >= 15 is 0 Å². The molecule has 78 valence electrons. The first kappa shape index (κ1) is 12.1. The molecule has 0 aliphatic heterocycles. The molecule has 0 atom stereocenters. The van der Waals surface area contributed by atoms with Crippen LogP contribution in [0.5, 0.6) is 0 Å². The summed E-state index contributed by atoms with van der Waals surface area (Å²) in [5.74, 6) is -0.494. The number of thiophene rings is 1. The molecule has 1 heterocycles. The van der Waals surface area contributed by atoms with E-state index in [9.17, 15) is 4.79 Å². The quantitative estimate of drug-likeness (QED) is 0.632. The second-order valence-electron chi connectivity index (χ2n) is 2.41. The first-order chi connectivity index (χ1) is 6.59. The summed E-state index contributed by atoms with van der Waals surface area (Å²) in [5, 5.41) is 0. The summed E-state index contributed by atoms with van der Waals surface area (Å²) in [4.78, 5) is 16.2. The lowest BCUT2D eigenvalue weighted by molar-refractivity contribution is -0.125. The largest absolute Gasteiger partial charge is 0.368 e. The molecule has 1 aromatic rings. The number of carbonyl (C=O) groups excluding carboxylic acids is 1. The summed E-state index contributed by atoms with van der Waals surface area (Å²) >= 11 is 8.33. The third-order valence-electron chi connectivity index (χ3n) is 1.26. The molecule has 14 heavy (non-hydrogen) atoms. The Balaban J connectivity index is 2.28. The number of hydrogen-bond donors (Lipinski definition) is 2. The van der Waals surface area contributed by atoms with Crippen molar-refractivity contribution in [3.05, 3.63) is 19.2 Å². The van der Waals surface area contributed by atoms with E-state index in [2.05, 4.69) is 37.3 Å². The predicted molar refractivity (Wildman–Crippen MR) is 61.7 cm³/mol. The van der Waals surface area contributed by atoms with Crippen LogP contribution in [0.15, 0.2) is 14.3 Å². The minimum Gasteiger partial charge on any atom is -0.368 e. The molecule has 3 N–H and O–H groups in total. The average molecular weight is 344 g/mol. The SMILES string of the molecule is NC(=O)CONCc1cc(Br)c(Br)s1. The van der Waals surface area contributed by atoms with Gasteiger partial charge in [0.1, 0.15) is 6.61 Å². The fraction of sp³-hybridized carbons (Fsp3) is 0.286. The van der Waals surface area contributed by atoms with Crippen LogP contribution < -0.4 is 11.2 Å². The summed E-state index contributed by atoms with van der Waals surface area (Å²) in [6.07, 6.45) is 0. The van der Waals surface area contributed by atoms with Crippen molar-refractivity contribution in [3.63, 3.8) is 0 Å². The second-order valence-corrected chi connectivity index (χ2v) is 5.72. The zero-order valence-corrected chi connectivity index (χ0v) is 11.0. The molecular weight excluding hydrogens is 336 g/mol. The van der Waals surface area contributed by atoms with Gasteiger partial charge in [-0.3, -0.25) is 9.63 Å². The molecule has 0 aliphatic rings. The van der Waals surface area contributed by atoms with E-state index in [4.69, 9.17) is 10.6 Å². The highest BCUT2D eigenvalue weighted by atomic mass is 79.9. The molecule has 4 nitrogen and oxygen atoms in total. The molecule has 1 amide bonds. The monoisotopic (exact) mass is 342 g/mol. The van der Waals surface area contributed by atoms with Crippen LogP contribution in [-0.4, -0.2) is 12.5 Å². The van der Waals surface area contributed by atoms with Crippen molar-refractivity contribution in [2.75, 3.05) is 6.61 Å². The molecule has 0 spiro atoms. The van der Waals surface area contributed by atoms with E-state index in [0.717, 1.165) is 13.1 Å². The number of amides is 1. The van der Waals surface area contributed by atoms with E-state index in [-0.39, 0.29) is 6.61 Å². The van der Waals surface area contributed by atoms with Gasteiger partial charge in [-0.25, -0.2) is 0 Å². The van der Waals surface area contributed by atoms with Crippen LogP contribution in [0.2, 0.25) is 0 Å². The van der Waals surface area contributed by atoms with Crippen molar-refractivity contribution < 1.29 is 9.63 Å². The van der Waals surface area contributed by atoms with Crippen molar-refractivity contribution >= 4 is 49.1 Å². The number of hydrogen-bond acceptors (Lipinski definition) is 4. The Morgan fingerprint density at radius 3 is 2.86 bits per heavy atom. The number of rotatable bonds is 5. The van der Waals surface area contributed by atoms with Gasteiger partial charge in [0.15, 0.2) is 0 Å². The van der Waals surface area contributed by atoms with Gasteiger partial charge in [0, 0.05) is 9.35 Å². The van der Waals surface area contributed by atoms with Crippen LogP contribution in [-0.2, 0) is 16.2 Å². The minimum absolute atomic E-state index is 0.117. The molecule has 0 aliphatic carbocycles. The number of hydroxylamine groups is 1. The van der Waals surface area contributed by atoms with E-state index < -0.39 is 5.91 Å². The summed E-state index contributed by atoms with van der Waals surface area (Å²) in [5.41, 5.74) is 7.53. The van der Waals surface area contributed by atoms with Crippen molar-refractivity contribution in [2.24, 2.45) is 5.73 Å². The molecule has 0 aromatic carbocycles. The molecule has 0 bridgehead atoms. The fourth-order valence-electron chi connectivity index (χ4n) is 0.723. The molecular formula is C7H8Br2N2O2S. The molecule has 0 saturated heterocycles. The van der Waals surface area contributed by atoms with E-state index in [1.165, 1.54) is 0 Å². The summed E-state index contributed by atoms with van der Waals surface area (Å²) in [6.45, 7) is 0.426. The van der Waals surface area contributed by atoms with E-state index in [0.29, 0.717) is 6.54 Å². The van der Waals surface area contributed by atoms with Gasteiger partial charge in [0.25, 0.3) is 0 Å². The van der Waals surface area contributed by atoms with Gasteiger partial charge in [-0.05, 0) is 37.9 Å². The molecule has 1 rings (SSSR count). The highest BCUT2D eigenvalue weighted by Gasteiger charge is 2.03. The Labute approximate surface area is 102 Å². The number of primary amides is 1. The topological polar surface area (TPSA) is 64.4 Å². The average Bonchev–Trinajstić information content (AvgIpc) is 2.40. The van der Waals surface area contributed by atoms with Gasteiger partial charge < -0.3 is 5.73 Å². The summed E-state index contributed by atoms with van der Waals surface area (Å²) in [6, 6.07) is 1.97. The Hall–Kier alpha value is 0.0500. The molecule has 0 unspecified atom stereocenters. The number of nitrogens with one attached hydrogen (secondary N) is 1. The van der Waals surface area contributed by atoms with Crippen LogP contribution in [0.4, 0.5) is 0 Å². The highest BCUT2D eigenvalue weighted by molar-refractivity contribution is 9.13. The van der Waals surface area contributed by atoms with Crippen molar-refractivity contribution in [3.8, 4) is 0 Å². The first-order valence-electron chi connectivity index (χ1n) is 3.66. The van der Waals surface area contributed by atoms with Crippen molar-refractivity contribution in [2.45, 2.75) is 6.54 Å². The van der Waals surface area contributed by atoms with Crippen LogP contribution in [0.3, 0.4) is 0 Å². The molecule has 0 saturated carbocycles. The third-order valence-corrected chi connectivity index (χ3v) is 4.52. The zero-order valence-electron chi connectivity index (χ0n) is 7.05. The maximum atomic E-state index is 10.3. The van der Waals surface area contributed by atoms with Crippen LogP contribution in [0.25, 0.3) is 0 Å². The summed E-state index contributed by atoms with van der Waals surface area (Å²) < 4.78 is 2.04. The lowest BCUT2D eigenvalue weighted by atomic mass is 10.5. The van der Waals surface area contributed by atoms with Crippen LogP contribution in [0.1, 0.15) is 4.88 Å². The minimum atomic E-state index is -0.494. The Kier molecular flexibility index (Phi) is 5.04. The van der Waals surface area contributed by atoms with Gasteiger partial charge in [0.2, 0.25) is 5.91 Å². The third kappa shape index (κ3) is 4.05. The maximum Gasteiger partial charge on any atom is 0.245 e. The van der Waals surface area contributed by atoms with Gasteiger partial charge in [-0.1, -0.05) is 0 Å². The standard InChI is InChI=1S/C7H8Br2N2O2S/c8-5-1-4(14-7(5)9)2-11-13-3-6(10)12/h1,11H,2-3H2,(H2,10,12). The van der Waals surface area contributed by atoms with Crippen LogP contribution >= 0.6 is 43.2 Å². The molecule has 7 heteroatoms. The maximum absolute atomic E-state index is 10.3. The number of carbonyl (C=O) groups is 1. The van der Waals surface area contributed by atoms with Crippen LogP contribution in [0, 0.1) is 0 Å². The van der Waals surface area contributed by atoms with Gasteiger partial charge >= 0.3 is 0 Å². The molecule has 0 radical (unpaired) electrons. The summed E-state index contributed by atoms with van der Waals surface area (Å²) in [7, 11) is 0. The first-order valence-corrected chi connectivity index (χ1v) is 6.06. The van der Waals surface area contributed by atoms with Crippen molar-refractivity contribution in [1.29, 1.82) is 0 Å². The predicted octanol–water partition coefficient (Wildman–Crippen LogP) is 1.78. The molecule has 0 fully saturated rings. The van der Waals surface area contributed by atoms with Gasteiger partial charge in [-0.2, -0.15) is 5.48 Å². The van der Waals surface area contributed by atoms with Gasteiger partial charge in [-0.15, -0.1) is 11.3 Å². The second kappa shape index (κ2) is 5.82. The normalized spacial score (nSPS) is 10.4. The number of halogens is 2. The van der Waals surface area contributed by atoms with E-state index in [1.807, 2.05) is 6.07 Å². The Bertz CT molecular complexity index is 310. The number of nitrogens with two attached hydrogens (primary N) is 1. The van der Waals surface area contributed by atoms with Gasteiger partial charge in [0.05, 0.1) is 10.3 Å².